The monoisotopic (exact) mass is 457 g/mol. The minimum absolute atomic E-state index is 0.300. The van der Waals surface area contributed by atoms with Gasteiger partial charge in [0.25, 0.3) is 0 Å². The van der Waals surface area contributed by atoms with E-state index in [-0.39, 0.29) is 10.9 Å². The molecule has 3 rings (SSSR count). The first-order chi connectivity index (χ1) is 20.1. The number of allylic oxidation sites excluding steroid dienone is 1. The van der Waals surface area contributed by atoms with Gasteiger partial charge < -0.3 is 15.0 Å². The van der Waals surface area contributed by atoms with Crippen LogP contribution in [0.3, 0.4) is 0 Å². The number of ketones is 1. The smallest absolute Gasteiger partial charge is 0.159 e. The number of fused-ring (bicyclic) bond motifs is 1. The fraction of sp³-hybridized carbons (Fsp3) is 0.269. The summed E-state index contributed by atoms with van der Waals surface area (Å²) in [7, 11) is 2.71. The van der Waals surface area contributed by atoms with Crippen LogP contribution in [0.1, 0.15) is 38.7 Å². The van der Waals surface area contributed by atoms with Gasteiger partial charge in [-0.25, -0.2) is 4.39 Å². The molecule has 0 spiro atoms. The molecule has 0 amide bonds. The van der Waals surface area contributed by atoms with E-state index in [1.54, 1.807) is 6.07 Å². The molecule has 0 bridgehead atoms. The SMILES string of the molecule is [2H]/C(=C\C(=O)Cc1c(OC([2H])([2H])C)c([2H])c2nc([2H])c(C#N)c(Nc3c([2H])c([2H])c(F)c(C)c3[2H])c2c1[2H])C([2H])([2H])N(C)C. The molecule has 0 unspecified atom stereocenters. The zero-order valence-electron chi connectivity index (χ0n) is 29.3. The number of anilines is 2. The molecule has 0 aliphatic heterocycles. The number of benzene rings is 2. The summed E-state index contributed by atoms with van der Waals surface area (Å²) in [6.07, 6.45) is -0.819. The lowest BCUT2D eigenvalue weighted by Gasteiger charge is -2.15. The molecule has 0 aliphatic rings. The molecule has 6 nitrogen and oxygen atoms in total. The first-order valence-electron chi connectivity index (χ1n) is 15.1. The summed E-state index contributed by atoms with van der Waals surface area (Å²) in [6.45, 7) is -2.60. The van der Waals surface area contributed by atoms with Gasteiger partial charge in [-0.1, -0.05) is 6.05 Å². The van der Waals surface area contributed by atoms with Gasteiger partial charge in [-0.3, -0.25) is 9.78 Å². The summed E-state index contributed by atoms with van der Waals surface area (Å²) in [5.74, 6) is -2.63. The Morgan fingerprint density at radius 2 is 2.21 bits per heavy atom. The average Bonchev–Trinajstić information content (AvgIpc) is 2.92. The Hall–Kier alpha value is -3.76. The van der Waals surface area contributed by atoms with Crippen molar-refractivity contribution in [2.24, 2.45) is 0 Å². The minimum atomic E-state index is -2.44. The number of likely N-dealkylation sites (N-methyl/N-ethyl adjacent to an activating group) is 1. The molecule has 0 atom stereocenters. The fourth-order valence-corrected chi connectivity index (χ4v) is 2.73. The summed E-state index contributed by atoms with van der Waals surface area (Å²) < 4.78 is 110. The molecule has 0 radical (unpaired) electrons. The van der Waals surface area contributed by atoms with Gasteiger partial charge in [0.05, 0.1) is 35.7 Å². The molecule has 1 heterocycles. The van der Waals surface area contributed by atoms with Crippen molar-refractivity contribution < 1.29 is 29.0 Å². The highest BCUT2D eigenvalue weighted by molar-refractivity contribution is 5.98. The van der Waals surface area contributed by atoms with Crippen molar-refractivity contribution in [2.75, 3.05) is 32.5 Å². The third-order valence-corrected chi connectivity index (χ3v) is 4.18. The van der Waals surface area contributed by atoms with E-state index >= 15 is 0 Å². The number of aromatic nitrogens is 1. The van der Waals surface area contributed by atoms with Crippen molar-refractivity contribution in [1.29, 1.82) is 5.26 Å². The van der Waals surface area contributed by atoms with E-state index < -0.39 is 107 Å². The third-order valence-electron chi connectivity index (χ3n) is 4.18. The molecule has 170 valence electrons. The van der Waals surface area contributed by atoms with Crippen molar-refractivity contribution in [3.8, 4) is 11.8 Å². The fourth-order valence-electron chi connectivity index (χ4n) is 2.73. The second kappa shape index (κ2) is 10.7. The van der Waals surface area contributed by atoms with E-state index in [9.17, 15) is 14.4 Å². The minimum Gasteiger partial charge on any atom is -0.494 e. The highest BCUT2D eigenvalue weighted by Crippen LogP contribution is 2.34. The first kappa shape index (κ1) is 13.1. The van der Waals surface area contributed by atoms with Gasteiger partial charge >= 0.3 is 0 Å². The molecule has 0 aliphatic carbocycles. The number of hydrogen-bond donors (Lipinski definition) is 1. The second-order valence-electron chi connectivity index (χ2n) is 6.92. The highest BCUT2D eigenvalue weighted by atomic mass is 19.1. The molecule has 0 saturated carbocycles. The lowest BCUT2D eigenvalue weighted by Crippen LogP contribution is -2.11. The third kappa shape index (κ3) is 5.93. The van der Waals surface area contributed by atoms with E-state index in [0.717, 1.165) is 11.8 Å². The van der Waals surface area contributed by atoms with Gasteiger partial charge in [0.2, 0.25) is 0 Å². The van der Waals surface area contributed by atoms with Gasteiger partial charge in [-0.2, -0.15) is 5.26 Å². The Morgan fingerprint density at radius 3 is 2.91 bits per heavy atom. The van der Waals surface area contributed by atoms with E-state index in [2.05, 4.69) is 10.3 Å². The van der Waals surface area contributed by atoms with Crippen LogP contribution in [-0.2, 0) is 11.2 Å². The quantitative estimate of drug-likeness (QED) is 0.459. The molecule has 0 saturated heterocycles. The molecule has 7 heteroatoms. The van der Waals surface area contributed by atoms with Crippen LogP contribution >= 0.6 is 0 Å². The van der Waals surface area contributed by atoms with E-state index in [1.165, 1.54) is 21.0 Å². The van der Waals surface area contributed by atoms with Gasteiger partial charge in [0, 0.05) is 44.5 Å². The maximum absolute atomic E-state index is 14.4. The van der Waals surface area contributed by atoms with Crippen LogP contribution < -0.4 is 10.1 Å². The van der Waals surface area contributed by atoms with Crippen LogP contribution in [0.15, 0.2) is 48.5 Å². The van der Waals surface area contributed by atoms with Gasteiger partial charge in [0.1, 0.15) is 17.6 Å². The number of nitrogens with one attached hydrogen (secondary N) is 1. The lowest BCUT2D eigenvalue weighted by atomic mass is 10.0. The summed E-state index contributed by atoms with van der Waals surface area (Å²) >= 11 is 0. The molecule has 1 aromatic heterocycles. The van der Waals surface area contributed by atoms with Crippen LogP contribution in [-0.4, -0.2) is 42.8 Å². The summed E-state index contributed by atoms with van der Waals surface area (Å²) in [5, 5.41) is 12.1. The molecule has 0 fully saturated rings. The number of pyridine rings is 1. The largest absolute Gasteiger partial charge is 0.494 e. The predicted octanol–water partition coefficient (Wildman–Crippen LogP) is 4.93. The highest BCUT2D eigenvalue weighted by Gasteiger charge is 2.16. The van der Waals surface area contributed by atoms with Gasteiger partial charge in [-0.05, 0) is 63.8 Å². The number of carbonyl (C=O) groups excluding carboxylic acids is 1. The average molecular weight is 458 g/mol. The zero-order chi connectivity index (χ0) is 33.6. The van der Waals surface area contributed by atoms with Crippen LogP contribution in [0.2, 0.25) is 0 Å². The standard InChI is InChI=1S/C26H27FN4O2/c1-5-33-25-14-24-22(13-18(25)12-21(32)7-6-10-31(3)4)26(19(15-28)16-29-24)30-20-8-9-23(27)17(2)11-20/h6-9,11,13-14,16H,5,10,12H2,1-4H3,(H,29,30)/b7-6+/i5D2,6D,8D,9D,10D2,11D,13D,14D,16D. The van der Waals surface area contributed by atoms with E-state index in [1.807, 2.05) is 0 Å². The first-order valence-corrected chi connectivity index (χ1v) is 9.62. The molecule has 3 aromatic rings. The van der Waals surface area contributed by atoms with Crippen LogP contribution in [0.5, 0.6) is 5.75 Å². The van der Waals surface area contributed by atoms with E-state index in [4.69, 9.17) is 19.8 Å². The van der Waals surface area contributed by atoms with Gasteiger partial charge in [-0.15, -0.1) is 0 Å². The maximum atomic E-state index is 14.4. The van der Waals surface area contributed by atoms with Crippen LogP contribution in [0.4, 0.5) is 15.8 Å². The Kier molecular flexibility index (Phi) is 4.24. The van der Waals surface area contributed by atoms with Crippen molar-refractivity contribution in [1.82, 2.24) is 9.88 Å². The van der Waals surface area contributed by atoms with Crippen molar-refractivity contribution in [3.63, 3.8) is 0 Å². The summed E-state index contributed by atoms with van der Waals surface area (Å²) in [6, 6.07) is -2.50. The summed E-state index contributed by atoms with van der Waals surface area (Å²) in [5.41, 5.74) is -2.51. The second-order valence-corrected chi connectivity index (χ2v) is 6.92. The van der Waals surface area contributed by atoms with Crippen molar-refractivity contribution in [2.45, 2.75) is 20.3 Å². The Labute approximate surface area is 208 Å². The van der Waals surface area contributed by atoms with Crippen LogP contribution in [0.25, 0.3) is 10.9 Å². The lowest BCUT2D eigenvalue weighted by molar-refractivity contribution is -0.114. The number of hydrogen-bond acceptors (Lipinski definition) is 6. The molecule has 33 heavy (non-hydrogen) atoms. The van der Waals surface area contributed by atoms with Gasteiger partial charge in [0.15, 0.2) is 5.78 Å². The normalized spacial score (nSPS) is 17.1. The number of nitriles is 1. The number of carbonyl (C=O) groups is 1. The van der Waals surface area contributed by atoms with Crippen molar-refractivity contribution >= 4 is 28.1 Å². The number of ether oxygens (including phenoxy) is 1. The molecule has 2 aromatic carbocycles. The molecule has 1 N–H and O–H groups in total. The zero-order valence-corrected chi connectivity index (χ0v) is 18.3. The topological polar surface area (TPSA) is 78.2 Å². The molecular weight excluding hydrogens is 419 g/mol. The Balaban J connectivity index is 2.44. The predicted molar refractivity (Wildman–Crippen MR) is 128 cm³/mol. The van der Waals surface area contributed by atoms with E-state index in [0.29, 0.717) is 6.08 Å². The Bertz CT molecular complexity index is 1740. The maximum Gasteiger partial charge on any atom is 0.159 e. The van der Waals surface area contributed by atoms with Crippen LogP contribution in [0, 0.1) is 24.1 Å². The molecular formula is C26H27FN4O2. The number of halogens is 1. The number of rotatable bonds is 9. The summed E-state index contributed by atoms with van der Waals surface area (Å²) in [4.78, 5) is 18.1. The van der Waals surface area contributed by atoms with Crippen molar-refractivity contribution in [3.05, 3.63) is 71.0 Å². The Morgan fingerprint density at radius 1 is 1.42 bits per heavy atom. The number of nitrogens with zero attached hydrogens (tertiary/aromatic N) is 3.